The fraction of sp³-hybridized carbons (Fsp3) is 0.214. The maximum Gasteiger partial charge on any atom is 0.312 e. The maximum absolute atomic E-state index is 11.2. The summed E-state index contributed by atoms with van der Waals surface area (Å²) in [6, 6.07) is 6.52. The lowest BCUT2D eigenvalue weighted by Crippen LogP contribution is -2.05. The van der Waals surface area contributed by atoms with Crippen LogP contribution in [0.3, 0.4) is 0 Å². The SMILES string of the molecule is C[C@H](O)c1cc(Br)cc([N+](=O)[O-])c1OCc1cccnc1. The van der Waals surface area contributed by atoms with Gasteiger partial charge >= 0.3 is 5.69 Å². The number of hydrogen-bond donors (Lipinski definition) is 1. The van der Waals surface area contributed by atoms with E-state index in [1.165, 1.54) is 13.0 Å². The number of benzene rings is 1. The van der Waals surface area contributed by atoms with Crippen LogP contribution in [-0.2, 0) is 6.61 Å². The van der Waals surface area contributed by atoms with Crippen molar-refractivity contribution in [1.82, 2.24) is 4.98 Å². The maximum atomic E-state index is 11.2. The van der Waals surface area contributed by atoms with Gasteiger partial charge in [-0.25, -0.2) is 0 Å². The first kappa shape index (κ1) is 15.4. The Labute approximate surface area is 129 Å². The summed E-state index contributed by atoms with van der Waals surface area (Å²) in [6.07, 6.45) is 2.37. The van der Waals surface area contributed by atoms with Crippen LogP contribution in [-0.4, -0.2) is 15.0 Å². The topological polar surface area (TPSA) is 85.5 Å². The molecule has 0 unspecified atom stereocenters. The summed E-state index contributed by atoms with van der Waals surface area (Å²) < 4.78 is 6.08. The van der Waals surface area contributed by atoms with E-state index < -0.39 is 11.0 Å². The van der Waals surface area contributed by atoms with E-state index in [0.717, 1.165) is 5.56 Å². The van der Waals surface area contributed by atoms with E-state index in [0.29, 0.717) is 10.0 Å². The average molecular weight is 353 g/mol. The minimum atomic E-state index is -0.884. The zero-order valence-electron chi connectivity index (χ0n) is 11.2. The van der Waals surface area contributed by atoms with Gasteiger partial charge in [0.05, 0.1) is 11.0 Å². The minimum absolute atomic E-state index is 0.0713. The molecular formula is C14H13BrN2O4. The summed E-state index contributed by atoms with van der Waals surface area (Å²) >= 11 is 3.20. The van der Waals surface area contributed by atoms with Crippen LogP contribution in [0.15, 0.2) is 41.1 Å². The Hall–Kier alpha value is -1.99. The third kappa shape index (κ3) is 3.77. The third-order valence-corrected chi connectivity index (χ3v) is 3.27. The van der Waals surface area contributed by atoms with Crippen LogP contribution >= 0.6 is 15.9 Å². The Morgan fingerprint density at radius 2 is 2.29 bits per heavy atom. The van der Waals surface area contributed by atoms with Crippen molar-refractivity contribution < 1.29 is 14.8 Å². The van der Waals surface area contributed by atoms with Gasteiger partial charge in [0.25, 0.3) is 0 Å². The molecule has 0 saturated heterocycles. The van der Waals surface area contributed by atoms with E-state index in [1.54, 1.807) is 30.6 Å². The largest absolute Gasteiger partial charge is 0.482 e. The van der Waals surface area contributed by atoms with Crippen LogP contribution in [0.5, 0.6) is 5.75 Å². The zero-order valence-corrected chi connectivity index (χ0v) is 12.8. The van der Waals surface area contributed by atoms with Crippen molar-refractivity contribution in [1.29, 1.82) is 0 Å². The fourth-order valence-corrected chi connectivity index (χ4v) is 2.31. The van der Waals surface area contributed by atoms with Gasteiger partial charge in [0.15, 0.2) is 0 Å². The number of ether oxygens (including phenoxy) is 1. The van der Waals surface area contributed by atoms with Crippen molar-refractivity contribution in [3.63, 3.8) is 0 Å². The molecule has 0 bridgehead atoms. The smallest absolute Gasteiger partial charge is 0.312 e. The average Bonchev–Trinajstić information content (AvgIpc) is 2.46. The minimum Gasteiger partial charge on any atom is -0.482 e. The van der Waals surface area contributed by atoms with Gasteiger partial charge in [0, 0.05) is 34.1 Å². The van der Waals surface area contributed by atoms with Gasteiger partial charge in [-0.15, -0.1) is 0 Å². The number of nitrogens with zero attached hydrogens (tertiary/aromatic N) is 2. The number of nitro benzene ring substituents is 1. The summed E-state index contributed by atoms with van der Waals surface area (Å²) in [5.41, 5.74) is 0.954. The predicted octanol–water partition coefficient (Wildman–Crippen LogP) is 3.38. The van der Waals surface area contributed by atoms with Crippen LogP contribution < -0.4 is 4.74 Å². The first-order chi connectivity index (χ1) is 9.99. The monoisotopic (exact) mass is 352 g/mol. The summed E-state index contributed by atoms with van der Waals surface area (Å²) in [5, 5.41) is 21.0. The van der Waals surface area contributed by atoms with Gasteiger partial charge in [-0.3, -0.25) is 15.1 Å². The van der Waals surface area contributed by atoms with Gasteiger partial charge in [-0.2, -0.15) is 0 Å². The molecule has 21 heavy (non-hydrogen) atoms. The number of nitro groups is 1. The van der Waals surface area contributed by atoms with Crippen LogP contribution in [0.4, 0.5) is 5.69 Å². The molecule has 1 N–H and O–H groups in total. The third-order valence-electron chi connectivity index (χ3n) is 2.82. The number of hydrogen-bond acceptors (Lipinski definition) is 5. The molecular weight excluding hydrogens is 340 g/mol. The first-order valence-corrected chi connectivity index (χ1v) is 6.96. The summed E-state index contributed by atoms with van der Waals surface area (Å²) in [6.45, 7) is 1.67. The van der Waals surface area contributed by atoms with Gasteiger partial charge in [-0.05, 0) is 19.1 Å². The Kier molecular flexibility index (Phi) is 4.87. The number of rotatable bonds is 5. The van der Waals surface area contributed by atoms with Crippen LogP contribution in [0.25, 0.3) is 0 Å². The molecule has 1 heterocycles. The molecule has 110 valence electrons. The molecule has 2 rings (SSSR count). The molecule has 0 aliphatic rings. The quantitative estimate of drug-likeness (QED) is 0.658. The van der Waals surface area contributed by atoms with E-state index in [1.807, 2.05) is 0 Å². The second-order valence-electron chi connectivity index (χ2n) is 4.43. The highest BCUT2D eigenvalue weighted by molar-refractivity contribution is 9.10. The van der Waals surface area contributed by atoms with E-state index >= 15 is 0 Å². The lowest BCUT2D eigenvalue weighted by atomic mass is 10.1. The van der Waals surface area contributed by atoms with E-state index in [9.17, 15) is 15.2 Å². The van der Waals surface area contributed by atoms with Crippen molar-refractivity contribution in [3.8, 4) is 5.75 Å². The molecule has 0 saturated carbocycles. The van der Waals surface area contributed by atoms with Crippen molar-refractivity contribution in [2.24, 2.45) is 0 Å². The highest BCUT2D eigenvalue weighted by Gasteiger charge is 2.23. The molecule has 0 fully saturated rings. The van der Waals surface area contributed by atoms with Crippen LogP contribution in [0, 0.1) is 10.1 Å². The number of aliphatic hydroxyl groups excluding tert-OH is 1. The molecule has 1 aromatic carbocycles. The molecule has 0 aliphatic carbocycles. The second kappa shape index (κ2) is 6.64. The first-order valence-electron chi connectivity index (χ1n) is 6.16. The Morgan fingerprint density at radius 1 is 1.52 bits per heavy atom. The summed E-state index contributed by atoms with van der Waals surface area (Å²) in [4.78, 5) is 14.6. The van der Waals surface area contributed by atoms with Crippen LogP contribution in [0.2, 0.25) is 0 Å². The van der Waals surface area contributed by atoms with Crippen molar-refractivity contribution in [3.05, 3.63) is 62.4 Å². The van der Waals surface area contributed by atoms with Crippen molar-refractivity contribution in [2.45, 2.75) is 19.6 Å². The van der Waals surface area contributed by atoms with Crippen LogP contribution in [0.1, 0.15) is 24.2 Å². The summed E-state index contributed by atoms with van der Waals surface area (Å²) in [7, 11) is 0. The molecule has 7 heteroatoms. The molecule has 0 radical (unpaired) electrons. The molecule has 1 aromatic heterocycles. The molecule has 2 aromatic rings. The number of pyridine rings is 1. The number of aromatic nitrogens is 1. The Bertz CT molecular complexity index is 647. The molecule has 6 nitrogen and oxygen atoms in total. The second-order valence-corrected chi connectivity index (χ2v) is 5.34. The lowest BCUT2D eigenvalue weighted by Gasteiger charge is -2.14. The van der Waals surface area contributed by atoms with Crippen molar-refractivity contribution in [2.75, 3.05) is 0 Å². The van der Waals surface area contributed by atoms with E-state index in [-0.39, 0.29) is 18.0 Å². The van der Waals surface area contributed by atoms with Gasteiger partial charge in [-0.1, -0.05) is 22.0 Å². The molecule has 1 atom stereocenters. The number of aliphatic hydroxyl groups is 1. The predicted molar refractivity (Wildman–Crippen MR) is 80.0 cm³/mol. The van der Waals surface area contributed by atoms with Gasteiger partial charge < -0.3 is 9.84 Å². The molecule has 0 spiro atoms. The van der Waals surface area contributed by atoms with E-state index in [2.05, 4.69) is 20.9 Å². The Morgan fingerprint density at radius 3 is 2.86 bits per heavy atom. The highest BCUT2D eigenvalue weighted by Crippen LogP contribution is 2.38. The van der Waals surface area contributed by atoms with Gasteiger partial charge in [0.2, 0.25) is 5.75 Å². The highest BCUT2D eigenvalue weighted by atomic mass is 79.9. The van der Waals surface area contributed by atoms with E-state index in [4.69, 9.17) is 4.74 Å². The molecule has 0 aliphatic heterocycles. The van der Waals surface area contributed by atoms with Crippen molar-refractivity contribution >= 4 is 21.6 Å². The standard InChI is InChI=1S/C14H13BrN2O4/c1-9(18)12-5-11(15)6-13(17(19)20)14(12)21-8-10-3-2-4-16-7-10/h2-7,9,18H,8H2,1H3/t9-/m0/s1. The molecule has 0 amide bonds. The summed E-state index contributed by atoms with van der Waals surface area (Å²) in [5.74, 6) is 0.0713. The lowest BCUT2D eigenvalue weighted by molar-refractivity contribution is -0.386. The normalized spacial score (nSPS) is 12.0. The number of halogens is 1. The zero-order chi connectivity index (χ0) is 15.4. The Balaban J connectivity index is 2.38. The fourth-order valence-electron chi connectivity index (χ4n) is 1.84. The van der Waals surface area contributed by atoms with Gasteiger partial charge in [0.1, 0.15) is 6.61 Å².